The molecule has 0 aliphatic carbocycles. The number of halogens is 1. The van der Waals surface area contributed by atoms with Gasteiger partial charge in [0.2, 0.25) is 5.24 Å². The van der Waals surface area contributed by atoms with Crippen LogP contribution >= 0.6 is 11.6 Å². The van der Waals surface area contributed by atoms with E-state index < -0.39 is 5.24 Å². The lowest BCUT2D eigenvalue weighted by Crippen LogP contribution is -2.62. The van der Waals surface area contributed by atoms with E-state index in [2.05, 4.69) is 92.5 Å². The molecule has 0 radical (unpaired) electrons. The van der Waals surface area contributed by atoms with Crippen molar-refractivity contribution >= 4 is 22.8 Å². The van der Waals surface area contributed by atoms with Crippen molar-refractivity contribution in [1.82, 2.24) is 10.1 Å². The fourth-order valence-electron chi connectivity index (χ4n) is 5.78. The molecule has 0 atom stereocenters. The fraction of sp³-hybridized carbons (Fsp3) is 0.812. The molecule has 2 heterocycles. The van der Waals surface area contributed by atoms with Gasteiger partial charge >= 0.3 is 5.97 Å². The van der Waals surface area contributed by atoms with E-state index in [1.165, 1.54) is 0 Å². The molecule has 0 aromatic heterocycles. The topological polar surface area (TPSA) is 88.5 Å². The van der Waals surface area contributed by atoms with Gasteiger partial charge < -0.3 is 9.84 Å². The highest BCUT2D eigenvalue weighted by atomic mass is 35.5. The molecule has 2 aliphatic rings. The first-order valence-corrected chi connectivity index (χ1v) is 15.2. The van der Waals surface area contributed by atoms with Crippen LogP contribution in [0.15, 0.2) is 24.3 Å². The van der Waals surface area contributed by atoms with Crippen molar-refractivity contribution in [3.63, 3.8) is 0 Å². The zero-order valence-corrected chi connectivity index (χ0v) is 28.7. The van der Waals surface area contributed by atoms with Crippen LogP contribution in [-0.2, 0) is 24.0 Å². The third kappa shape index (κ3) is 13.3. The van der Waals surface area contributed by atoms with Crippen molar-refractivity contribution in [3.05, 3.63) is 24.3 Å². The smallest absolute Gasteiger partial charge is 0.333 e. The molecule has 0 unspecified atom stereocenters. The summed E-state index contributed by atoms with van der Waals surface area (Å²) in [5, 5.41) is 13.5. The average Bonchev–Trinajstić information content (AvgIpc) is 2.76. The number of aliphatic hydroxyl groups excluding tert-OH is 1. The predicted molar refractivity (Wildman–Crippen MR) is 167 cm³/mol. The van der Waals surface area contributed by atoms with Crippen molar-refractivity contribution in [2.75, 3.05) is 13.2 Å². The standard InChI is InChI=1S/C16H29NO3.C12H25NO2.C4H5ClO/c1-8-9-19-17-15(4,5)10-13(11-16(17,6)7)20-14(18)12(2)3;1-6-7-15-13-11(2,3)8-10(14)9-12(13,4)5;1-3(2)4(5)6/h13H,2,8-11H2,1,3-7H3;10,14H,6-9H2,1-5H3;1H2,2H3. The van der Waals surface area contributed by atoms with Crippen LogP contribution in [0.4, 0.5) is 0 Å². The lowest BCUT2D eigenvalue weighted by atomic mass is 9.80. The number of aliphatic hydroxyl groups is 1. The van der Waals surface area contributed by atoms with E-state index in [9.17, 15) is 14.7 Å². The normalized spacial score (nSPS) is 21.9. The third-order valence-electron chi connectivity index (χ3n) is 6.93. The fourth-order valence-corrected chi connectivity index (χ4v) is 5.78. The summed E-state index contributed by atoms with van der Waals surface area (Å²) >= 11 is 4.87. The third-order valence-corrected chi connectivity index (χ3v) is 7.25. The number of allylic oxidation sites excluding steroid dienone is 1. The van der Waals surface area contributed by atoms with Crippen LogP contribution in [0, 0.1) is 0 Å². The molecule has 2 rings (SSSR count). The van der Waals surface area contributed by atoms with E-state index in [0.29, 0.717) is 17.8 Å². The quantitative estimate of drug-likeness (QED) is 0.169. The van der Waals surface area contributed by atoms with Gasteiger partial charge in [-0.1, -0.05) is 27.0 Å². The summed E-state index contributed by atoms with van der Waals surface area (Å²) in [7, 11) is 0. The van der Waals surface area contributed by atoms with E-state index in [4.69, 9.17) is 26.0 Å². The van der Waals surface area contributed by atoms with E-state index >= 15 is 0 Å². The molecule has 2 saturated heterocycles. The molecular formula is C32H59ClN2O6. The largest absolute Gasteiger partial charge is 0.459 e. The van der Waals surface area contributed by atoms with Crippen LogP contribution in [0.1, 0.15) is 122 Å². The minimum absolute atomic E-state index is 0.0870. The number of carbonyl (C=O) groups excluding carboxylic acids is 2. The zero-order valence-electron chi connectivity index (χ0n) is 28.0. The van der Waals surface area contributed by atoms with Crippen molar-refractivity contribution in [2.45, 2.75) is 156 Å². The number of ether oxygens (including phenoxy) is 1. The Bertz CT molecular complexity index is 835. The molecule has 2 aliphatic heterocycles. The van der Waals surface area contributed by atoms with Gasteiger partial charge in [-0.3, -0.25) is 14.5 Å². The number of piperidine rings is 2. The number of esters is 1. The molecule has 41 heavy (non-hydrogen) atoms. The summed E-state index contributed by atoms with van der Waals surface area (Å²) in [6.45, 7) is 32.9. The summed E-state index contributed by atoms with van der Waals surface area (Å²) in [4.78, 5) is 33.3. The molecule has 240 valence electrons. The van der Waals surface area contributed by atoms with Gasteiger partial charge in [-0.25, -0.2) is 4.79 Å². The van der Waals surface area contributed by atoms with E-state index in [0.717, 1.165) is 45.1 Å². The van der Waals surface area contributed by atoms with Crippen LogP contribution in [-0.4, -0.2) is 74.0 Å². The molecule has 0 spiro atoms. The Kier molecular flexibility index (Phi) is 16.0. The second-order valence-corrected chi connectivity index (χ2v) is 14.2. The van der Waals surface area contributed by atoms with Gasteiger partial charge in [0, 0.05) is 46.1 Å². The lowest BCUT2D eigenvalue weighted by Gasteiger charge is -2.53. The first-order valence-electron chi connectivity index (χ1n) is 14.8. The number of nitrogens with zero attached hydrogens (tertiary/aromatic N) is 2. The molecule has 8 nitrogen and oxygen atoms in total. The average molecular weight is 603 g/mol. The zero-order chi connectivity index (χ0) is 32.4. The predicted octanol–water partition coefficient (Wildman–Crippen LogP) is 7.14. The van der Waals surface area contributed by atoms with E-state index in [-0.39, 0.29) is 40.3 Å². The van der Waals surface area contributed by atoms with Crippen LogP contribution < -0.4 is 0 Å². The summed E-state index contributed by atoms with van der Waals surface area (Å²) in [6.07, 6.45) is 4.78. The van der Waals surface area contributed by atoms with Gasteiger partial charge in [0.15, 0.2) is 0 Å². The maximum absolute atomic E-state index is 11.7. The number of hydroxylamine groups is 4. The van der Waals surface area contributed by atoms with Gasteiger partial charge in [-0.15, -0.1) is 0 Å². The SMILES string of the molecule is C=C(C)C(=O)Cl.C=C(C)C(=O)OC1CC(C)(C)N(OCCC)C(C)(C)C1.CCCON1C(C)(C)CC(O)CC1(C)C. The second kappa shape index (κ2) is 16.5. The Balaban J connectivity index is 0.000000669. The maximum Gasteiger partial charge on any atom is 0.333 e. The van der Waals surface area contributed by atoms with Crippen molar-refractivity contribution in [2.24, 2.45) is 0 Å². The first kappa shape index (κ1) is 39.7. The number of carbonyl (C=O) groups is 2. The van der Waals surface area contributed by atoms with Crippen LogP contribution in [0.2, 0.25) is 0 Å². The Morgan fingerprint density at radius 1 is 0.756 bits per heavy atom. The summed E-state index contributed by atoms with van der Waals surface area (Å²) in [5.74, 6) is -0.301. The minimum atomic E-state index is -0.463. The summed E-state index contributed by atoms with van der Waals surface area (Å²) in [5.41, 5.74) is 0.322. The molecule has 0 aromatic rings. The Hall–Kier alpha value is -1.29. The molecular weight excluding hydrogens is 544 g/mol. The minimum Gasteiger partial charge on any atom is -0.459 e. The molecule has 2 fully saturated rings. The van der Waals surface area contributed by atoms with Gasteiger partial charge in [0.25, 0.3) is 0 Å². The maximum atomic E-state index is 11.7. The molecule has 0 saturated carbocycles. The monoisotopic (exact) mass is 602 g/mol. The van der Waals surface area contributed by atoms with E-state index in [1.54, 1.807) is 13.8 Å². The summed E-state index contributed by atoms with van der Waals surface area (Å²) < 4.78 is 5.56. The van der Waals surface area contributed by atoms with Gasteiger partial charge in [-0.2, -0.15) is 10.1 Å². The highest BCUT2D eigenvalue weighted by Gasteiger charge is 2.48. The van der Waals surface area contributed by atoms with Gasteiger partial charge in [0.1, 0.15) is 6.10 Å². The lowest BCUT2D eigenvalue weighted by molar-refractivity contribution is -0.292. The van der Waals surface area contributed by atoms with E-state index in [1.807, 2.05) is 0 Å². The highest BCUT2D eigenvalue weighted by molar-refractivity contribution is 6.67. The van der Waals surface area contributed by atoms with Crippen molar-refractivity contribution < 1.29 is 29.1 Å². The molecule has 0 aromatic carbocycles. The van der Waals surface area contributed by atoms with Gasteiger partial charge in [-0.05, 0) is 107 Å². The molecule has 0 amide bonds. The molecule has 0 bridgehead atoms. The Labute approximate surface area is 255 Å². The first-order chi connectivity index (χ1) is 18.5. The summed E-state index contributed by atoms with van der Waals surface area (Å²) in [6, 6.07) is 0. The molecule has 9 heteroatoms. The molecule has 1 N–H and O–H groups in total. The van der Waals surface area contributed by atoms with Gasteiger partial charge in [0.05, 0.1) is 19.3 Å². The number of rotatable bonds is 9. The Morgan fingerprint density at radius 2 is 1.07 bits per heavy atom. The second-order valence-electron chi connectivity index (χ2n) is 13.8. The van der Waals surface area contributed by atoms with Crippen molar-refractivity contribution in [1.29, 1.82) is 0 Å². The number of hydrogen-bond acceptors (Lipinski definition) is 8. The number of hydrogen-bond donors (Lipinski definition) is 1. The highest BCUT2D eigenvalue weighted by Crippen LogP contribution is 2.40. The Morgan fingerprint density at radius 3 is 1.34 bits per heavy atom. The van der Waals surface area contributed by atoms with Crippen molar-refractivity contribution in [3.8, 4) is 0 Å². The van der Waals surface area contributed by atoms with Crippen LogP contribution in [0.3, 0.4) is 0 Å². The van der Waals surface area contributed by atoms with Crippen LogP contribution in [0.5, 0.6) is 0 Å². The van der Waals surface area contributed by atoms with Crippen LogP contribution in [0.25, 0.3) is 0 Å².